The van der Waals surface area contributed by atoms with Crippen molar-refractivity contribution >= 4 is 0 Å². The van der Waals surface area contributed by atoms with E-state index in [2.05, 4.69) is 10.4 Å². The van der Waals surface area contributed by atoms with Gasteiger partial charge in [0.25, 0.3) is 0 Å². The molecule has 0 bridgehead atoms. The summed E-state index contributed by atoms with van der Waals surface area (Å²) >= 11 is 0. The van der Waals surface area contributed by atoms with E-state index in [1.165, 1.54) is 12.1 Å². The van der Waals surface area contributed by atoms with Gasteiger partial charge in [0.2, 0.25) is 0 Å². The van der Waals surface area contributed by atoms with Crippen LogP contribution in [0.1, 0.15) is 5.56 Å². The second kappa shape index (κ2) is 7.01. The highest BCUT2D eigenvalue weighted by Gasteiger charge is 2.04. The lowest BCUT2D eigenvalue weighted by molar-refractivity contribution is 0.147. The summed E-state index contributed by atoms with van der Waals surface area (Å²) in [5.41, 5.74) is 1.08. The number of aromatic nitrogens is 2. The van der Waals surface area contributed by atoms with Crippen molar-refractivity contribution in [1.82, 2.24) is 15.1 Å². The molecule has 1 unspecified atom stereocenters. The molecular weight excluding hydrogens is 245 g/mol. The number of hydrogen-bond acceptors (Lipinski definition) is 3. The van der Waals surface area contributed by atoms with Crippen molar-refractivity contribution in [2.24, 2.45) is 0 Å². The molecule has 0 spiro atoms. The topological polar surface area (TPSA) is 50.1 Å². The Hall–Kier alpha value is -1.72. The zero-order chi connectivity index (χ0) is 13.5. The van der Waals surface area contributed by atoms with Gasteiger partial charge in [-0.1, -0.05) is 12.1 Å². The molecule has 2 rings (SSSR count). The number of aliphatic hydroxyl groups is 1. The lowest BCUT2D eigenvalue weighted by Crippen LogP contribution is -2.31. The van der Waals surface area contributed by atoms with E-state index in [4.69, 9.17) is 0 Å². The molecule has 0 saturated carbocycles. The van der Waals surface area contributed by atoms with Crippen molar-refractivity contribution in [2.45, 2.75) is 19.1 Å². The Balaban J connectivity index is 1.62. The SMILES string of the molecule is OC(CNCCc1ccc(F)cc1)Cn1cccn1. The van der Waals surface area contributed by atoms with Crippen molar-refractivity contribution in [2.75, 3.05) is 13.1 Å². The number of rotatable bonds is 7. The Labute approximate surface area is 111 Å². The van der Waals surface area contributed by atoms with Crippen molar-refractivity contribution in [3.63, 3.8) is 0 Å². The van der Waals surface area contributed by atoms with Crippen LogP contribution in [-0.4, -0.2) is 34.1 Å². The average molecular weight is 263 g/mol. The normalized spacial score (nSPS) is 12.5. The van der Waals surface area contributed by atoms with Gasteiger partial charge in [0.1, 0.15) is 5.82 Å². The Bertz CT molecular complexity index is 470. The zero-order valence-corrected chi connectivity index (χ0v) is 10.7. The second-order valence-corrected chi connectivity index (χ2v) is 4.46. The molecule has 0 aliphatic rings. The monoisotopic (exact) mass is 263 g/mol. The predicted octanol–water partition coefficient (Wildman–Crippen LogP) is 1.22. The summed E-state index contributed by atoms with van der Waals surface area (Å²) in [6.45, 7) is 1.75. The van der Waals surface area contributed by atoms with E-state index in [0.717, 1.165) is 18.5 Å². The fourth-order valence-corrected chi connectivity index (χ4v) is 1.84. The van der Waals surface area contributed by atoms with Crippen LogP contribution in [0.5, 0.6) is 0 Å². The summed E-state index contributed by atoms with van der Waals surface area (Å²) in [5.74, 6) is -0.216. The van der Waals surface area contributed by atoms with Gasteiger partial charge in [0, 0.05) is 18.9 Å². The molecule has 1 atom stereocenters. The van der Waals surface area contributed by atoms with Gasteiger partial charge in [-0.2, -0.15) is 5.10 Å². The van der Waals surface area contributed by atoms with Crippen LogP contribution in [0, 0.1) is 5.82 Å². The molecule has 2 N–H and O–H groups in total. The van der Waals surface area contributed by atoms with E-state index in [0.29, 0.717) is 13.1 Å². The van der Waals surface area contributed by atoms with Crippen LogP contribution in [0.15, 0.2) is 42.7 Å². The smallest absolute Gasteiger partial charge is 0.123 e. The fraction of sp³-hybridized carbons (Fsp3) is 0.357. The van der Waals surface area contributed by atoms with Crippen LogP contribution in [-0.2, 0) is 13.0 Å². The Morgan fingerprint density at radius 3 is 2.79 bits per heavy atom. The summed E-state index contributed by atoms with van der Waals surface area (Å²) in [7, 11) is 0. The van der Waals surface area contributed by atoms with Gasteiger partial charge in [0.05, 0.1) is 12.6 Å². The van der Waals surface area contributed by atoms with Crippen molar-refractivity contribution in [3.05, 3.63) is 54.1 Å². The van der Waals surface area contributed by atoms with Crippen molar-refractivity contribution in [3.8, 4) is 0 Å². The third-order valence-electron chi connectivity index (χ3n) is 2.84. The minimum atomic E-state index is -0.465. The van der Waals surface area contributed by atoms with Gasteiger partial charge in [0.15, 0.2) is 0 Å². The largest absolute Gasteiger partial charge is 0.390 e. The molecule has 2 aromatic rings. The Morgan fingerprint density at radius 2 is 2.11 bits per heavy atom. The molecule has 5 heteroatoms. The third-order valence-corrected chi connectivity index (χ3v) is 2.84. The van der Waals surface area contributed by atoms with Gasteiger partial charge < -0.3 is 10.4 Å². The molecular formula is C14H18FN3O. The molecule has 0 aliphatic heterocycles. The molecule has 0 saturated heterocycles. The van der Waals surface area contributed by atoms with Crippen LogP contribution in [0.2, 0.25) is 0 Å². The Kier molecular flexibility index (Phi) is 5.06. The first kappa shape index (κ1) is 13.7. The maximum Gasteiger partial charge on any atom is 0.123 e. The lowest BCUT2D eigenvalue weighted by Gasteiger charge is -2.11. The van der Waals surface area contributed by atoms with Crippen molar-refractivity contribution < 1.29 is 9.50 Å². The van der Waals surface area contributed by atoms with E-state index in [1.54, 1.807) is 23.0 Å². The summed E-state index contributed by atoms with van der Waals surface area (Å²) < 4.78 is 14.4. The minimum absolute atomic E-state index is 0.216. The number of aliphatic hydroxyl groups excluding tert-OH is 1. The number of nitrogens with zero attached hydrogens (tertiary/aromatic N) is 2. The quantitative estimate of drug-likeness (QED) is 0.738. The standard InChI is InChI=1S/C14H18FN3O/c15-13-4-2-12(3-5-13)6-8-16-10-14(19)11-18-9-1-7-17-18/h1-5,7,9,14,16,19H,6,8,10-11H2. The second-order valence-electron chi connectivity index (χ2n) is 4.46. The zero-order valence-electron chi connectivity index (χ0n) is 10.7. The van der Waals surface area contributed by atoms with E-state index in [1.807, 2.05) is 12.3 Å². The highest BCUT2D eigenvalue weighted by atomic mass is 19.1. The van der Waals surface area contributed by atoms with Gasteiger partial charge in [-0.05, 0) is 36.7 Å². The van der Waals surface area contributed by atoms with Gasteiger partial charge in [-0.15, -0.1) is 0 Å². The molecule has 0 aliphatic carbocycles. The molecule has 0 fully saturated rings. The number of hydrogen-bond donors (Lipinski definition) is 2. The summed E-state index contributed by atoms with van der Waals surface area (Å²) in [4.78, 5) is 0. The first-order valence-electron chi connectivity index (χ1n) is 6.34. The molecule has 19 heavy (non-hydrogen) atoms. The summed E-state index contributed by atoms with van der Waals surface area (Å²) in [5, 5.41) is 17.0. The van der Waals surface area contributed by atoms with Gasteiger partial charge in [-0.25, -0.2) is 4.39 Å². The van der Waals surface area contributed by atoms with Crippen LogP contribution < -0.4 is 5.32 Å². The molecule has 0 radical (unpaired) electrons. The van der Waals surface area contributed by atoms with E-state index in [9.17, 15) is 9.50 Å². The lowest BCUT2D eigenvalue weighted by atomic mass is 10.1. The van der Waals surface area contributed by atoms with Crippen LogP contribution in [0.4, 0.5) is 4.39 Å². The van der Waals surface area contributed by atoms with E-state index in [-0.39, 0.29) is 5.82 Å². The average Bonchev–Trinajstić information content (AvgIpc) is 2.89. The first-order chi connectivity index (χ1) is 9.24. The Morgan fingerprint density at radius 1 is 1.32 bits per heavy atom. The van der Waals surface area contributed by atoms with Crippen LogP contribution >= 0.6 is 0 Å². The van der Waals surface area contributed by atoms with E-state index < -0.39 is 6.10 Å². The fourth-order valence-electron chi connectivity index (χ4n) is 1.84. The maximum absolute atomic E-state index is 12.7. The van der Waals surface area contributed by atoms with Crippen LogP contribution in [0.25, 0.3) is 0 Å². The molecule has 1 aromatic carbocycles. The van der Waals surface area contributed by atoms with Crippen LogP contribution in [0.3, 0.4) is 0 Å². The van der Waals surface area contributed by atoms with E-state index >= 15 is 0 Å². The highest BCUT2D eigenvalue weighted by molar-refractivity contribution is 5.16. The first-order valence-corrected chi connectivity index (χ1v) is 6.34. The summed E-state index contributed by atoms with van der Waals surface area (Å²) in [6.07, 6.45) is 3.86. The number of nitrogens with one attached hydrogen (secondary N) is 1. The van der Waals surface area contributed by atoms with Gasteiger partial charge in [-0.3, -0.25) is 4.68 Å². The molecule has 4 nitrogen and oxygen atoms in total. The number of halogens is 1. The molecule has 102 valence electrons. The maximum atomic E-state index is 12.7. The minimum Gasteiger partial charge on any atom is -0.390 e. The predicted molar refractivity (Wildman–Crippen MR) is 71.2 cm³/mol. The number of benzene rings is 1. The molecule has 1 aromatic heterocycles. The third kappa shape index (κ3) is 4.81. The molecule has 1 heterocycles. The van der Waals surface area contributed by atoms with Gasteiger partial charge >= 0.3 is 0 Å². The van der Waals surface area contributed by atoms with Crippen molar-refractivity contribution in [1.29, 1.82) is 0 Å². The highest BCUT2D eigenvalue weighted by Crippen LogP contribution is 2.02. The summed E-state index contributed by atoms with van der Waals surface area (Å²) in [6, 6.07) is 8.30. The molecule has 0 amide bonds.